The lowest BCUT2D eigenvalue weighted by Crippen LogP contribution is -2.46. The van der Waals surface area contributed by atoms with Gasteiger partial charge in [-0.05, 0) is 77.0 Å². The molecule has 426 valence electrons. The molecule has 3 aromatic heterocycles. The van der Waals surface area contributed by atoms with E-state index in [-0.39, 0.29) is 96.2 Å². The van der Waals surface area contributed by atoms with Crippen molar-refractivity contribution in [3.8, 4) is 0 Å². The minimum atomic E-state index is -0.735. The maximum atomic E-state index is 6.75. The molecule has 20 heteroatoms. The predicted molar refractivity (Wildman–Crippen MR) is 285 cm³/mol. The number of fused-ring (bicyclic) bond motifs is 12. The predicted octanol–water partition coefficient (Wildman–Crippen LogP) is 9.28. The third-order valence-electron chi connectivity index (χ3n) is 20.7. The van der Waals surface area contributed by atoms with Gasteiger partial charge in [0, 0.05) is 91.9 Å². The van der Waals surface area contributed by atoms with E-state index in [1.54, 1.807) is 0 Å². The van der Waals surface area contributed by atoms with Crippen molar-refractivity contribution < 1.29 is 56.8 Å². The molecule has 0 radical (unpaired) electrons. The van der Waals surface area contributed by atoms with Crippen molar-refractivity contribution in [3.63, 3.8) is 0 Å². The lowest BCUT2D eigenvalue weighted by atomic mass is 9.63. The highest BCUT2D eigenvalue weighted by molar-refractivity contribution is 5.97. The van der Waals surface area contributed by atoms with Crippen LogP contribution in [0.2, 0.25) is 0 Å². The molecule has 9 heterocycles. The van der Waals surface area contributed by atoms with E-state index in [4.69, 9.17) is 86.7 Å². The second-order valence-electron chi connectivity index (χ2n) is 24.9. The van der Waals surface area contributed by atoms with Gasteiger partial charge in [0.2, 0.25) is 0 Å². The summed E-state index contributed by atoms with van der Waals surface area (Å²) in [7, 11) is 0. The van der Waals surface area contributed by atoms with E-state index in [2.05, 4.69) is 37.7 Å². The maximum Gasteiger partial charge on any atom is 0.272 e. The van der Waals surface area contributed by atoms with E-state index in [0.29, 0.717) is 49.7 Å². The normalized spacial score (nSPS) is 39.6. The van der Waals surface area contributed by atoms with E-state index < -0.39 is 25.9 Å². The van der Waals surface area contributed by atoms with Crippen molar-refractivity contribution in [3.05, 3.63) is 45.6 Å². The van der Waals surface area contributed by atoms with Crippen LogP contribution in [0.25, 0.3) is 44.9 Å². The average molecular weight is 1100 g/mol. The molecular weight excluding hydrogens is 1020 g/mol. The van der Waals surface area contributed by atoms with Gasteiger partial charge in [-0.25, -0.2) is 29.9 Å². The molecule has 0 spiro atoms. The standard InChI is InChI=1S/C60H74N8O12/c1-5-9-21-69-57-73-41-25-13-14-26(42(41)74-57)34-33(25)49-61-50(34)66-52-36-28-16-18-30(46-44(28)76-59(78-46)71-23-11-7-3)38(36)54(63-52)68-56-40-32-20-19-31(47-48(32)80-60(79-47)72-24-12-8-4)39(40)55(64-56)67-53-37-29-17-15-27(35(37)51(62-53)65-49)43-45(29)77-58(75-43)70-22-10-6-2/h25-32,41-48,57-60H,5-24H2,1-4H3,(H2,61,62,63,64,65,66,67,68). The Balaban J connectivity index is 0.882. The van der Waals surface area contributed by atoms with Crippen molar-refractivity contribution in [2.75, 3.05) is 26.4 Å². The van der Waals surface area contributed by atoms with Gasteiger partial charge in [-0.3, -0.25) is 0 Å². The summed E-state index contributed by atoms with van der Waals surface area (Å²) in [6, 6.07) is 0. The maximum absolute atomic E-state index is 6.75. The molecule has 0 aromatic carbocycles. The van der Waals surface area contributed by atoms with Crippen molar-refractivity contribution in [1.82, 2.24) is 39.9 Å². The summed E-state index contributed by atoms with van der Waals surface area (Å²) in [4.78, 5) is 41.9. The van der Waals surface area contributed by atoms with Gasteiger partial charge in [-0.1, -0.05) is 53.4 Å². The fraction of sp³-hybridized carbons (Fsp3) is 0.733. The summed E-state index contributed by atoms with van der Waals surface area (Å²) < 4.78 is 78.9. The third kappa shape index (κ3) is 7.55. The van der Waals surface area contributed by atoms with Gasteiger partial charge in [0.05, 0.1) is 75.3 Å². The van der Waals surface area contributed by atoms with Crippen LogP contribution >= 0.6 is 0 Å². The monoisotopic (exact) mass is 1100 g/mol. The van der Waals surface area contributed by atoms with Crippen LogP contribution in [-0.4, -0.2) is 141 Å². The van der Waals surface area contributed by atoms with Gasteiger partial charge < -0.3 is 66.8 Å². The van der Waals surface area contributed by atoms with Crippen LogP contribution in [0.15, 0.2) is 0 Å². The highest BCUT2D eigenvalue weighted by atomic mass is 16.9. The number of rotatable bonds is 16. The van der Waals surface area contributed by atoms with Gasteiger partial charge in [-0.2, -0.15) is 0 Å². The van der Waals surface area contributed by atoms with Crippen LogP contribution in [0.4, 0.5) is 0 Å². The van der Waals surface area contributed by atoms with Crippen molar-refractivity contribution in [2.45, 2.75) is 229 Å². The molecule has 4 saturated heterocycles. The number of nitrogens with one attached hydrogen (secondary N) is 2. The summed E-state index contributed by atoms with van der Waals surface area (Å²) in [6.07, 6.45) is 13.4. The summed E-state index contributed by atoms with van der Waals surface area (Å²) >= 11 is 0. The Morgan fingerprint density at radius 3 is 0.800 bits per heavy atom. The minimum absolute atomic E-state index is 0.0162. The molecular formula is C60H74N8O12. The van der Waals surface area contributed by atoms with E-state index in [1.807, 2.05) is 0 Å². The fourth-order valence-corrected chi connectivity index (χ4v) is 17.2. The highest BCUT2D eigenvalue weighted by Crippen LogP contribution is 2.62. The Morgan fingerprint density at radius 2 is 0.537 bits per heavy atom. The molecule has 20 unspecified atom stereocenters. The fourth-order valence-electron chi connectivity index (χ4n) is 17.2. The number of ether oxygens (including phenoxy) is 12. The largest absolute Gasteiger partial charge is 0.330 e. The Labute approximate surface area is 464 Å². The summed E-state index contributed by atoms with van der Waals surface area (Å²) in [5.41, 5.74) is 11.7. The quantitative estimate of drug-likeness (QED) is 0.128. The van der Waals surface area contributed by atoms with Gasteiger partial charge in [-0.15, -0.1) is 0 Å². The van der Waals surface area contributed by atoms with E-state index >= 15 is 0 Å². The smallest absolute Gasteiger partial charge is 0.272 e. The molecule has 3 aromatic rings. The Morgan fingerprint density at radius 1 is 0.312 bits per heavy atom. The number of aromatic nitrogens is 8. The Bertz CT molecular complexity index is 3010. The van der Waals surface area contributed by atoms with Crippen LogP contribution in [0.1, 0.15) is 200 Å². The van der Waals surface area contributed by atoms with Gasteiger partial charge in [0.25, 0.3) is 25.9 Å². The Kier molecular flexibility index (Phi) is 12.4. The zero-order valence-corrected chi connectivity index (χ0v) is 46.3. The number of H-pyrrole nitrogens is 2. The first kappa shape index (κ1) is 50.4. The molecule has 80 heavy (non-hydrogen) atoms. The summed E-state index contributed by atoms with van der Waals surface area (Å²) in [5.74, 6) is 2.27. The molecule has 12 aliphatic carbocycles. The Hall–Kier alpha value is -4.16. The van der Waals surface area contributed by atoms with E-state index in [1.165, 1.54) is 0 Å². The van der Waals surface area contributed by atoms with Crippen molar-refractivity contribution >= 4 is 44.9 Å². The highest BCUT2D eigenvalue weighted by Gasteiger charge is 2.62. The van der Waals surface area contributed by atoms with Crippen molar-refractivity contribution in [1.29, 1.82) is 0 Å². The lowest BCUT2D eigenvalue weighted by molar-refractivity contribution is -0.244. The zero-order chi connectivity index (χ0) is 53.1. The molecule has 8 fully saturated rings. The van der Waals surface area contributed by atoms with Crippen LogP contribution < -0.4 is 0 Å². The number of aromatic amines is 2. The summed E-state index contributed by atoms with van der Waals surface area (Å²) in [6.45, 7) is 8.03. The molecule has 0 amide bonds. The van der Waals surface area contributed by atoms with Crippen LogP contribution in [0, 0.1) is 23.7 Å². The number of unbranched alkanes of at least 4 members (excludes halogenated alkanes) is 4. The topological polar surface area (TPSA) is 220 Å². The van der Waals surface area contributed by atoms with Crippen LogP contribution in [-0.2, 0) is 56.8 Å². The molecule has 16 bridgehead atoms. The number of hydrogen-bond donors (Lipinski definition) is 2. The molecule has 4 saturated carbocycles. The van der Waals surface area contributed by atoms with E-state index in [0.717, 1.165) is 170 Å². The number of nitrogens with zero attached hydrogens (tertiary/aromatic N) is 6. The van der Waals surface area contributed by atoms with Gasteiger partial charge >= 0.3 is 0 Å². The molecule has 20 nitrogen and oxygen atoms in total. The first-order chi connectivity index (χ1) is 39.5. The molecule has 20 atom stereocenters. The SMILES string of the molecule is CCCCOC1OC2C3CCC(C4=C3c3nc5nc(nc6[nH]c(nc7[nH]c(nc4n3)c3c7C4CCC3C3OC(OCCCC)OC43)c3c6C4CCC3C3OC(OCCCC)OC43)C3=C5C4CCC3C3OC(OCCCC)OC43)C2O1. The molecule has 6 aliphatic heterocycles. The van der Waals surface area contributed by atoms with Gasteiger partial charge in [0.1, 0.15) is 22.6 Å². The summed E-state index contributed by atoms with van der Waals surface area (Å²) in [5, 5.41) is 0. The third-order valence-corrected chi connectivity index (χ3v) is 20.7. The zero-order valence-electron chi connectivity index (χ0n) is 46.3. The average Bonchev–Trinajstić information content (AvgIpc) is 4.47. The van der Waals surface area contributed by atoms with Crippen molar-refractivity contribution in [2.24, 2.45) is 23.7 Å². The lowest BCUT2D eigenvalue weighted by Gasteiger charge is -2.44. The van der Waals surface area contributed by atoms with E-state index in [9.17, 15) is 0 Å². The first-order valence-corrected chi connectivity index (χ1v) is 31.0. The minimum Gasteiger partial charge on any atom is -0.330 e. The van der Waals surface area contributed by atoms with Crippen LogP contribution in [0.5, 0.6) is 0 Å². The number of hydrogen-bond acceptors (Lipinski definition) is 18. The first-order valence-electron chi connectivity index (χ1n) is 31.0. The molecule has 18 aliphatic rings. The van der Waals surface area contributed by atoms with Gasteiger partial charge in [0.15, 0.2) is 23.3 Å². The molecule has 2 N–H and O–H groups in total. The second-order valence-corrected chi connectivity index (χ2v) is 24.9. The van der Waals surface area contributed by atoms with Crippen LogP contribution in [0.3, 0.4) is 0 Å². The molecule has 21 rings (SSSR count). The second kappa shape index (κ2) is 19.7.